The number of nitrogens with zero attached hydrogens (tertiary/aromatic N) is 4. The summed E-state index contributed by atoms with van der Waals surface area (Å²) in [6.07, 6.45) is 0.951. The van der Waals surface area contributed by atoms with Crippen LogP contribution in [-0.4, -0.2) is 32.8 Å². The number of benzene rings is 1. The lowest BCUT2D eigenvalue weighted by Gasteiger charge is -2.07. The number of carbonyl (C=O) groups is 1. The van der Waals surface area contributed by atoms with E-state index < -0.39 is 0 Å². The molecule has 0 spiro atoms. The van der Waals surface area contributed by atoms with Crippen LogP contribution in [-0.2, 0) is 17.9 Å². The van der Waals surface area contributed by atoms with Gasteiger partial charge in [-0.25, -0.2) is 9.48 Å². The van der Waals surface area contributed by atoms with Crippen LogP contribution >= 0.6 is 0 Å². The molecular weight excluding hydrogens is 272 g/mol. The number of aromatic nitrogens is 4. The minimum Gasteiger partial charge on any atom is -0.486 e. The van der Waals surface area contributed by atoms with E-state index in [9.17, 15) is 4.79 Å². The van der Waals surface area contributed by atoms with Crippen molar-refractivity contribution in [1.29, 1.82) is 0 Å². The van der Waals surface area contributed by atoms with Gasteiger partial charge in [0.2, 0.25) is 0 Å². The van der Waals surface area contributed by atoms with E-state index in [1.165, 1.54) is 0 Å². The van der Waals surface area contributed by atoms with E-state index in [4.69, 9.17) is 9.47 Å². The second-order valence-electron chi connectivity index (χ2n) is 4.35. The lowest BCUT2D eigenvalue weighted by atomic mass is 10.2. The Kier molecular flexibility index (Phi) is 5.25. The van der Waals surface area contributed by atoms with Crippen LogP contribution in [0.2, 0.25) is 0 Å². The topological polar surface area (TPSA) is 79.1 Å². The molecular formula is C14H18N4O3. The zero-order chi connectivity index (χ0) is 15.1. The van der Waals surface area contributed by atoms with Gasteiger partial charge in [-0.2, -0.15) is 0 Å². The Morgan fingerprint density at radius 1 is 1.24 bits per heavy atom. The Morgan fingerprint density at radius 3 is 2.67 bits per heavy atom. The fourth-order valence-electron chi connectivity index (χ4n) is 1.76. The lowest BCUT2D eigenvalue weighted by Crippen LogP contribution is -2.08. The lowest BCUT2D eigenvalue weighted by molar-refractivity contribution is 0.0526. The van der Waals surface area contributed by atoms with E-state index in [1.54, 1.807) is 35.9 Å². The first-order valence-corrected chi connectivity index (χ1v) is 6.89. The van der Waals surface area contributed by atoms with Crippen molar-refractivity contribution >= 4 is 5.97 Å². The molecule has 0 aliphatic heterocycles. The predicted octanol–water partition coefficient (Wildman–Crippen LogP) is 1.84. The van der Waals surface area contributed by atoms with Gasteiger partial charge >= 0.3 is 5.97 Å². The molecule has 0 radical (unpaired) electrons. The van der Waals surface area contributed by atoms with Crippen molar-refractivity contribution in [2.75, 3.05) is 6.61 Å². The summed E-state index contributed by atoms with van der Waals surface area (Å²) < 4.78 is 12.3. The highest BCUT2D eigenvalue weighted by molar-refractivity contribution is 5.89. The molecule has 1 aromatic carbocycles. The van der Waals surface area contributed by atoms with Gasteiger partial charge in [-0.05, 0) is 48.0 Å². The maximum Gasteiger partial charge on any atom is 0.338 e. The molecule has 0 unspecified atom stereocenters. The van der Waals surface area contributed by atoms with Crippen molar-refractivity contribution < 1.29 is 14.3 Å². The minimum atomic E-state index is -0.337. The van der Waals surface area contributed by atoms with Crippen molar-refractivity contribution in [3.05, 3.63) is 35.7 Å². The highest BCUT2D eigenvalue weighted by atomic mass is 16.5. The van der Waals surface area contributed by atoms with Crippen molar-refractivity contribution in [2.45, 2.75) is 33.4 Å². The Labute approximate surface area is 122 Å². The molecule has 1 heterocycles. The van der Waals surface area contributed by atoms with Gasteiger partial charge in [0.05, 0.1) is 12.2 Å². The Morgan fingerprint density at radius 2 is 2.00 bits per heavy atom. The number of hydrogen-bond donors (Lipinski definition) is 0. The van der Waals surface area contributed by atoms with Gasteiger partial charge in [0.25, 0.3) is 0 Å². The molecule has 2 rings (SSSR count). The molecule has 7 heteroatoms. The zero-order valence-corrected chi connectivity index (χ0v) is 12.2. The summed E-state index contributed by atoms with van der Waals surface area (Å²) in [5.74, 6) is 0.983. The van der Waals surface area contributed by atoms with Gasteiger partial charge in [-0.3, -0.25) is 0 Å². The second-order valence-corrected chi connectivity index (χ2v) is 4.35. The molecule has 0 N–H and O–H groups in total. The first kappa shape index (κ1) is 15.0. The molecule has 0 saturated heterocycles. The van der Waals surface area contributed by atoms with Gasteiger partial charge in [0, 0.05) is 6.54 Å². The summed E-state index contributed by atoms with van der Waals surface area (Å²) in [6.45, 7) is 5.23. The molecule has 0 atom stereocenters. The summed E-state index contributed by atoms with van der Waals surface area (Å²) >= 11 is 0. The second kappa shape index (κ2) is 7.37. The van der Waals surface area contributed by atoms with Crippen LogP contribution in [0.15, 0.2) is 24.3 Å². The Hall–Kier alpha value is -2.44. The molecule has 7 nitrogen and oxygen atoms in total. The average Bonchev–Trinajstić information content (AvgIpc) is 2.94. The molecule has 2 aromatic rings. The standard InChI is InChI=1S/C14H18N4O3/c1-3-9-18-13(15-16-17-18)10-21-12-7-5-11(6-8-12)14(19)20-4-2/h5-8H,3-4,9-10H2,1-2H3. The van der Waals surface area contributed by atoms with Gasteiger partial charge in [0.1, 0.15) is 12.4 Å². The van der Waals surface area contributed by atoms with Crippen molar-refractivity contribution in [3.8, 4) is 5.75 Å². The molecule has 21 heavy (non-hydrogen) atoms. The molecule has 0 aliphatic carbocycles. The van der Waals surface area contributed by atoms with E-state index in [0.717, 1.165) is 13.0 Å². The molecule has 0 amide bonds. The zero-order valence-electron chi connectivity index (χ0n) is 12.2. The third-order valence-electron chi connectivity index (χ3n) is 2.77. The maximum absolute atomic E-state index is 11.5. The first-order valence-electron chi connectivity index (χ1n) is 6.89. The number of hydrogen-bond acceptors (Lipinski definition) is 6. The summed E-state index contributed by atoms with van der Waals surface area (Å²) in [4.78, 5) is 11.5. The molecule has 0 bridgehead atoms. The van der Waals surface area contributed by atoms with Crippen molar-refractivity contribution in [3.63, 3.8) is 0 Å². The van der Waals surface area contributed by atoms with Crippen LogP contribution in [0.3, 0.4) is 0 Å². The first-order chi connectivity index (χ1) is 10.2. The number of aryl methyl sites for hydroxylation is 1. The fraction of sp³-hybridized carbons (Fsp3) is 0.429. The van der Waals surface area contributed by atoms with Crippen LogP contribution < -0.4 is 4.74 Å². The van der Waals surface area contributed by atoms with Gasteiger partial charge in [0.15, 0.2) is 5.82 Å². The van der Waals surface area contributed by atoms with Crippen LogP contribution in [0.1, 0.15) is 36.5 Å². The molecule has 0 saturated carbocycles. The highest BCUT2D eigenvalue weighted by Gasteiger charge is 2.08. The van der Waals surface area contributed by atoms with Gasteiger partial charge in [-0.15, -0.1) is 5.10 Å². The van der Waals surface area contributed by atoms with Crippen LogP contribution in [0.4, 0.5) is 0 Å². The monoisotopic (exact) mass is 290 g/mol. The van der Waals surface area contributed by atoms with E-state index in [-0.39, 0.29) is 12.6 Å². The van der Waals surface area contributed by atoms with E-state index >= 15 is 0 Å². The van der Waals surface area contributed by atoms with E-state index in [0.29, 0.717) is 23.7 Å². The van der Waals surface area contributed by atoms with Crippen molar-refractivity contribution in [1.82, 2.24) is 20.2 Å². The summed E-state index contributed by atoms with van der Waals surface area (Å²) in [5, 5.41) is 11.4. The van der Waals surface area contributed by atoms with Crippen molar-refractivity contribution in [2.24, 2.45) is 0 Å². The smallest absolute Gasteiger partial charge is 0.338 e. The number of ether oxygens (including phenoxy) is 2. The summed E-state index contributed by atoms with van der Waals surface area (Å²) in [7, 11) is 0. The number of tetrazole rings is 1. The van der Waals surface area contributed by atoms with Gasteiger partial charge in [-0.1, -0.05) is 6.92 Å². The molecule has 112 valence electrons. The van der Waals surface area contributed by atoms with E-state index in [1.807, 2.05) is 0 Å². The van der Waals surface area contributed by atoms with Crippen LogP contribution in [0.5, 0.6) is 5.75 Å². The largest absolute Gasteiger partial charge is 0.486 e. The summed E-state index contributed by atoms with van der Waals surface area (Å²) in [5.41, 5.74) is 0.500. The number of esters is 1. The Bertz CT molecular complexity index is 580. The number of carbonyl (C=O) groups excluding carboxylic acids is 1. The molecule has 0 aliphatic rings. The third-order valence-corrected chi connectivity index (χ3v) is 2.77. The Balaban J connectivity index is 1.94. The third kappa shape index (κ3) is 4.01. The number of rotatable bonds is 7. The van der Waals surface area contributed by atoms with E-state index in [2.05, 4.69) is 22.4 Å². The summed E-state index contributed by atoms with van der Waals surface area (Å²) in [6, 6.07) is 6.78. The van der Waals surface area contributed by atoms with Crippen LogP contribution in [0.25, 0.3) is 0 Å². The fourth-order valence-corrected chi connectivity index (χ4v) is 1.76. The highest BCUT2D eigenvalue weighted by Crippen LogP contribution is 2.14. The van der Waals surface area contributed by atoms with Gasteiger partial charge < -0.3 is 9.47 Å². The molecule has 0 fully saturated rings. The normalized spacial score (nSPS) is 10.4. The molecule has 1 aromatic heterocycles. The minimum absolute atomic E-state index is 0.283. The quantitative estimate of drug-likeness (QED) is 0.724. The SMILES string of the molecule is CCCn1nnnc1COc1ccc(C(=O)OCC)cc1. The van der Waals surface area contributed by atoms with Crippen LogP contribution in [0, 0.1) is 0 Å². The maximum atomic E-state index is 11.5. The predicted molar refractivity (Wildman–Crippen MR) is 74.8 cm³/mol. The average molecular weight is 290 g/mol.